The van der Waals surface area contributed by atoms with Gasteiger partial charge in [-0.25, -0.2) is 4.79 Å². The molecule has 2 unspecified atom stereocenters. The number of carboxylic acid groups (broad SMARTS) is 1. The van der Waals surface area contributed by atoms with Crippen LogP contribution in [0.5, 0.6) is 5.75 Å². The summed E-state index contributed by atoms with van der Waals surface area (Å²) in [5.74, 6) is -1.23. The lowest BCUT2D eigenvalue weighted by Crippen LogP contribution is -2.43. The number of carboxylic acids is 1. The van der Waals surface area contributed by atoms with Gasteiger partial charge in [0.25, 0.3) is 0 Å². The molecule has 6 heteroatoms. The third-order valence-corrected chi connectivity index (χ3v) is 3.21. The van der Waals surface area contributed by atoms with Crippen molar-refractivity contribution in [2.75, 3.05) is 20.8 Å². The highest BCUT2D eigenvalue weighted by Crippen LogP contribution is 2.20. The normalized spacial score (nSPS) is 13.3. The first-order valence-corrected chi connectivity index (χ1v) is 6.65. The Bertz CT molecular complexity index is 489. The summed E-state index contributed by atoms with van der Waals surface area (Å²) >= 11 is 0. The maximum Gasteiger partial charge on any atom is 0.326 e. The van der Waals surface area contributed by atoms with Crippen LogP contribution in [0.15, 0.2) is 24.3 Å². The largest absolute Gasteiger partial charge is 0.497 e. The molecule has 0 bridgehead atoms. The van der Waals surface area contributed by atoms with E-state index in [4.69, 9.17) is 14.6 Å². The third-order valence-electron chi connectivity index (χ3n) is 3.21. The number of hydrogen-bond acceptors (Lipinski definition) is 4. The topological polar surface area (TPSA) is 84.9 Å². The lowest BCUT2D eigenvalue weighted by molar-refractivity contribution is -0.142. The average molecular weight is 295 g/mol. The fraction of sp³-hybridized carbons (Fsp3) is 0.467. The van der Waals surface area contributed by atoms with Crippen LogP contribution in [0.25, 0.3) is 0 Å². The maximum absolute atomic E-state index is 12.2. The number of methoxy groups -OCH3 is 2. The minimum absolute atomic E-state index is 0.225. The van der Waals surface area contributed by atoms with Gasteiger partial charge in [-0.05, 0) is 24.6 Å². The first-order chi connectivity index (χ1) is 9.99. The quantitative estimate of drug-likeness (QED) is 0.757. The molecule has 2 atom stereocenters. The van der Waals surface area contributed by atoms with Crippen LogP contribution in [0.1, 0.15) is 24.8 Å². The van der Waals surface area contributed by atoms with E-state index in [0.717, 1.165) is 5.56 Å². The molecule has 21 heavy (non-hydrogen) atoms. The van der Waals surface area contributed by atoms with Crippen LogP contribution >= 0.6 is 0 Å². The molecule has 0 spiro atoms. The second-order valence-electron chi connectivity index (χ2n) is 4.68. The minimum atomic E-state index is -1.07. The Labute approximate surface area is 124 Å². The van der Waals surface area contributed by atoms with Gasteiger partial charge in [0.1, 0.15) is 11.8 Å². The monoisotopic (exact) mass is 295 g/mol. The van der Waals surface area contributed by atoms with Crippen LogP contribution in [0.2, 0.25) is 0 Å². The van der Waals surface area contributed by atoms with Crippen molar-refractivity contribution in [3.63, 3.8) is 0 Å². The summed E-state index contributed by atoms with van der Waals surface area (Å²) in [4.78, 5) is 23.3. The van der Waals surface area contributed by atoms with Crippen molar-refractivity contribution in [1.29, 1.82) is 0 Å². The standard InChI is InChI=1S/C15H21NO5/c1-10(11-5-4-6-12(9-11)21-3)14(17)16-13(15(18)19)7-8-20-2/h4-6,9-10,13H,7-8H2,1-3H3,(H,16,17)(H,18,19). The van der Waals surface area contributed by atoms with Crippen molar-refractivity contribution < 1.29 is 24.2 Å². The second kappa shape index (κ2) is 8.26. The number of nitrogens with one attached hydrogen (secondary N) is 1. The number of rotatable bonds is 8. The molecule has 6 nitrogen and oxygen atoms in total. The van der Waals surface area contributed by atoms with Crippen molar-refractivity contribution in [2.24, 2.45) is 0 Å². The molecule has 1 aromatic rings. The van der Waals surface area contributed by atoms with Gasteiger partial charge >= 0.3 is 5.97 Å². The highest BCUT2D eigenvalue weighted by Gasteiger charge is 2.23. The van der Waals surface area contributed by atoms with Gasteiger partial charge in [0, 0.05) is 20.1 Å². The summed E-state index contributed by atoms with van der Waals surface area (Å²) in [7, 11) is 3.04. The van der Waals surface area contributed by atoms with Crippen molar-refractivity contribution in [1.82, 2.24) is 5.32 Å². The molecule has 1 aromatic carbocycles. The zero-order valence-corrected chi connectivity index (χ0v) is 12.5. The fourth-order valence-electron chi connectivity index (χ4n) is 1.85. The maximum atomic E-state index is 12.2. The Hall–Kier alpha value is -2.08. The van der Waals surface area contributed by atoms with Crippen molar-refractivity contribution in [3.8, 4) is 5.75 Å². The molecule has 0 saturated heterocycles. The van der Waals surface area contributed by atoms with Crippen molar-refractivity contribution in [2.45, 2.75) is 25.3 Å². The first-order valence-electron chi connectivity index (χ1n) is 6.65. The Morgan fingerprint density at radius 3 is 2.62 bits per heavy atom. The predicted octanol–water partition coefficient (Wildman–Crippen LogP) is 1.40. The second-order valence-corrected chi connectivity index (χ2v) is 4.68. The lowest BCUT2D eigenvalue weighted by atomic mass is 9.99. The van der Waals surface area contributed by atoms with Crippen molar-refractivity contribution >= 4 is 11.9 Å². The molecule has 116 valence electrons. The van der Waals surface area contributed by atoms with Crippen LogP contribution < -0.4 is 10.1 Å². The molecule has 2 N–H and O–H groups in total. The highest BCUT2D eigenvalue weighted by atomic mass is 16.5. The van der Waals surface area contributed by atoms with E-state index in [1.54, 1.807) is 38.3 Å². The van der Waals surface area contributed by atoms with Gasteiger partial charge in [-0.1, -0.05) is 12.1 Å². The van der Waals surface area contributed by atoms with Gasteiger partial charge in [0.2, 0.25) is 5.91 Å². The number of ether oxygens (including phenoxy) is 2. The predicted molar refractivity (Wildman–Crippen MR) is 77.5 cm³/mol. The average Bonchev–Trinajstić information content (AvgIpc) is 2.50. The van der Waals surface area contributed by atoms with Gasteiger partial charge in [-0.15, -0.1) is 0 Å². The van der Waals surface area contributed by atoms with Crippen LogP contribution in [-0.4, -0.2) is 43.9 Å². The molecule has 1 amide bonds. The number of carbonyl (C=O) groups excluding carboxylic acids is 1. The Kier molecular flexibility index (Phi) is 6.68. The van der Waals surface area contributed by atoms with Gasteiger partial charge in [-0.3, -0.25) is 4.79 Å². The SMILES string of the molecule is COCCC(NC(=O)C(C)c1cccc(OC)c1)C(=O)O. The summed E-state index contributed by atoms with van der Waals surface area (Å²) in [6, 6.07) is 6.18. The van der Waals surface area contributed by atoms with E-state index >= 15 is 0 Å². The molecular formula is C15H21NO5. The molecule has 0 saturated carbocycles. The molecule has 0 fully saturated rings. The van der Waals surface area contributed by atoms with E-state index in [9.17, 15) is 9.59 Å². The Balaban J connectivity index is 2.74. The molecular weight excluding hydrogens is 274 g/mol. The minimum Gasteiger partial charge on any atom is -0.497 e. The smallest absolute Gasteiger partial charge is 0.326 e. The summed E-state index contributed by atoms with van der Waals surface area (Å²) in [5.41, 5.74) is 0.766. The molecule has 0 heterocycles. The van der Waals surface area contributed by atoms with Crippen LogP contribution in [-0.2, 0) is 14.3 Å². The third kappa shape index (κ3) is 5.07. The van der Waals surface area contributed by atoms with Gasteiger partial charge in [-0.2, -0.15) is 0 Å². The van der Waals surface area contributed by atoms with Gasteiger partial charge < -0.3 is 19.9 Å². The Morgan fingerprint density at radius 1 is 1.33 bits per heavy atom. The van der Waals surface area contributed by atoms with Crippen molar-refractivity contribution in [3.05, 3.63) is 29.8 Å². The molecule has 0 aliphatic heterocycles. The number of hydrogen-bond donors (Lipinski definition) is 2. The van der Waals surface area contributed by atoms with E-state index in [0.29, 0.717) is 5.75 Å². The number of carbonyl (C=O) groups is 2. The van der Waals surface area contributed by atoms with Crippen LogP contribution in [0, 0.1) is 0 Å². The summed E-state index contributed by atoms with van der Waals surface area (Å²) in [6.07, 6.45) is 0.225. The summed E-state index contributed by atoms with van der Waals surface area (Å²) < 4.78 is 9.96. The van der Waals surface area contributed by atoms with E-state index in [1.165, 1.54) is 7.11 Å². The Morgan fingerprint density at radius 2 is 2.05 bits per heavy atom. The molecule has 0 radical (unpaired) electrons. The lowest BCUT2D eigenvalue weighted by Gasteiger charge is -2.18. The molecule has 0 aromatic heterocycles. The molecule has 1 rings (SSSR count). The number of aliphatic carboxylic acids is 1. The number of benzene rings is 1. The molecule has 0 aliphatic carbocycles. The van der Waals surface area contributed by atoms with E-state index in [-0.39, 0.29) is 18.9 Å². The first kappa shape index (κ1) is 17.0. The molecule has 0 aliphatic rings. The zero-order valence-electron chi connectivity index (χ0n) is 12.5. The van der Waals surface area contributed by atoms with Gasteiger partial charge in [0.05, 0.1) is 13.0 Å². The van der Waals surface area contributed by atoms with Crippen LogP contribution in [0.3, 0.4) is 0 Å². The summed E-state index contributed by atoms with van der Waals surface area (Å²) in [6.45, 7) is 1.99. The zero-order chi connectivity index (χ0) is 15.8. The number of amides is 1. The van der Waals surface area contributed by atoms with E-state index < -0.39 is 17.9 Å². The highest BCUT2D eigenvalue weighted by molar-refractivity contribution is 5.87. The van der Waals surface area contributed by atoms with Gasteiger partial charge in [0.15, 0.2) is 0 Å². The van der Waals surface area contributed by atoms with E-state index in [2.05, 4.69) is 5.32 Å². The summed E-state index contributed by atoms with van der Waals surface area (Å²) in [5, 5.41) is 11.6. The fourth-order valence-corrected chi connectivity index (χ4v) is 1.85. The van der Waals surface area contributed by atoms with E-state index in [1.807, 2.05) is 0 Å². The van der Waals surface area contributed by atoms with Crippen LogP contribution in [0.4, 0.5) is 0 Å².